The first kappa shape index (κ1) is 17.9. The fourth-order valence-electron chi connectivity index (χ4n) is 2.67. The van der Waals surface area contributed by atoms with E-state index in [1.807, 2.05) is 32.0 Å². The summed E-state index contributed by atoms with van der Waals surface area (Å²) in [4.78, 5) is 16.7. The maximum Gasteiger partial charge on any atom is 0.234 e. The van der Waals surface area contributed by atoms with E-state index >= 15 is 0 Å². The zero-order valence-electron chi connectivity index (χ0n) is 14.3. The number of hydrogen-bond acceptors (Lipinski definition) is 4. The van der Waals surface area contributed by atoms with Crippen molar-refractivity contribution in [3.8, 4) is 6.07 Å². The number of halogens is 1. The summed E-state index contributed by atoms with van der Waals surface area (Å²) in [6.07, 6.45) is 0. The fourth-order valence-corrected chi connectivity index (χ4v) is 3.43. The van der Waals surface area contributed by atoms with Crippen LogP contribution >= 0.6 is 11.8 Å². The summed E-state index contributed by atoms with van der Waals surface area (Å²) in [5, 5.41) is 13.6. The average molecular weight is 365 g/mol. The van der Waals surface area contributed by atoms with E-state index in [2.05, 4.69) is 16.4 Å². The number of aryl methyl sites for hydroxylation is 2. The van der Waals surface area contributed by atoms with E-state index in [0.29, 0.717) is 16.3 Å². The van der Waals surface area contributed by atoms with E-state index in [4.69, 9.17) is 0 Å². The molecule has 0 aliphatic rings. The molecule has 3 rings (SSSR count). The molecule has 1 heterocycles. The molecular formula is C20H16FN3OS. The SMILES string of the molecule is Cc1cc(C)c2cc(C#N)c(SCC(=O)Nc3ccc(F)cc3)nc2c1. The van der Waals surface area contributed by atoms with Crippen molar-refractivity contribution in [1.82, 2.24) is 4.98 Å². The summed E-state index contributed by atoms with van der Waals surface area (Å²) in [5.74, 6) is -0.496. The highest BCUT2D eigenvalue weighted by Crippen LogP contribution is 2.27. The molecule has 130 valence electrons. The number of carbonyl (C=O) groups excluding carboxylic acids is 1. The van der Waals surface area contributed by atoms with Gasteiger partial charge in [0, 0.05) is 11.1 Å². The number of nitrogens with one attached hydrogen (secondary N) is 1. The number of anilines is 1. The molecule has 6 heteroatoms. The molecule has 0 radical (unpaired) electrons. The van der Waals surface area contributed by atoms with Gasteiger partial charge in [0.15, 0.2) is 0 Å². The van der Waals surface area contributed by atoms with Crippen LogP contribution < -0.4 is 5.32 Å². The lowest BCUT2D eigenvalue weighted by Gasteiger charge is -2.09. The van der Waals surface area contributed by atoms with Crippen LogP contribution in [-0.4, -0.2) is 16.6 Å². The summed E-state index contributed by atoms with van der Waals surface area (Å²) in [5.41, 5.74) is 3.94. The highest BCUT2D eigenvalue weighted by Gasteiger charge is 2.12. The minimum Gasteiger partial charge on any atom is -0.325 e. The van der Waals surface area contributed by atoms with E-state index in [-0.39, 0.29) is 17.5 Å². The largest absolute Gasteiger partial charge is 0.325 e. The Balaban J connectivity index is 1.78. The van der Waals surface area contributed by atoms with Gasteiger partial charge in [0.2, 0.25) is 5.91 Å². The number of carbonyl (C=O) groups is 1. The Bertz CT molecular complexity index is 1030. The van der Waals surface area contributed by atoms with Gasteiger partial charge < -0.3 is 5.32 Å². The van der Waals surface area contributed by atoms with Crippen molar-refractivity contribution in [2.75, 3.05) is 11.1 Å². The van der Waals surface area contributed by atoms with Gasteiger partial charge in [0.25, 0.3) is 0 Å². The van der Waals surface area contributed by atoms with Gasteiger partial charge in [0.1, 0.15) is 16.9 Å². The van der Waals surface area contributed by atoms with Gasteiger partial charge in [-0.15, -0.1) is 0 Å². The summed E-state index contributed by atoms with van der Waals surface area (Å²) in [6, 6.07) is 13.5. The van der Waals surface area contributed by atoms with Gasteiger partial charge in [-0.05, 0) is 61.4 Å². The van der Waals surface area contributed by atoms with Gasteiger partial charge in [-0.3, -0.25) is 4.79 Å². The van der Waals surface area contributed by atoms with Crippen LogP contribution in [0.25, 0.3) is 10.9 Å². The zero-order chi connectivity index (χ0) is 18.7. The standard InChI is InChI=1S/C20H16FN3OS/c1-12-7-13(2)17-9-14(10-22)20(24-18(17)8-12)26-11-19(25)23-16-5-3-15(21)4-6-16/h3-9H,11H2,1-2H3,(H,23,25). The molecule has 0 bridgehead atoms. The first-order chi connectivity index (χ1) is 12.5. The van der Waals surface area contributed by atoms with Gasteiger partial charge in [-0.25, -0.2) is 9.37 Å². The van der Waals surface area contributed by atoms with Gasteiger partial charge >= 0.3 is 0 Å². The molecule has 0 unspecified atom stereocenters. The maximum absolute atomic E-state index is 12.9. The molecule has 26 heavy (non-hydrogen) atoms. The average Bonchev–Trinajstić information content (AvgIpc) is 2.61. The Morgan fingerprint density at radius 3 is 2.65 bits per heavy atom. The number of rotatable bonds is 4. The van der Waals surface area contributed by atoms with Crippen LogP contribution in [0.5, 0.6) is 0 Å². The minimum absolute atomic E-state index is 0.107. The van der Waals surface area contributed by atoms with Crippen LogP contribution in [0.1, 0.15) is 16.7 Å². The molecule has 2 aromatic carbocycles. The predicted octanol–water partition coefficient (Wildman–Crippen LogP) is 4.59. The molecule has 0 spiro atoms. The van der Waals surface area contributed by atoms with Crippen molar-refractivity contribution < 1.29 is 9.18 Å². The summed E-state index contributed by atoms with van der Waals surface area (Å²) >= 11 is 1.21. The number of nitriles is 1. The molecular weight excluding hydrogens is 349 g/mol. The second-order valence-electron chi connectivity index (χ2n) is 5.95. The molecule has 4 nitrogen and oxygen atoms in total. The first-order valence-corrected chi connectivity index (χ1v) is 8.95. The lowest BCUT2D eigenvalue weighted by Crippen LogP contribution is -2.14. The van der Waals surface area contributed by atoms with Crippen molar-refractivity contribution in [2.45, 2.75) is 18.9 Å². The second kappa shape index (κ2) is 7.54. The molecule has 0 atom stereocenters. The first-order valence-electron chi connectivity index (χ1n) is 7.96. The molecule has 3 aromatic rings. The third-order valence-electron chi connectivity index (χ3n) is 3.84. The Morgan fingerprint density at radius 2 is 1.96 bits per heavy atom. The van der Waals surface area contributed by atoms with Gasteiger partial charge in [0.05, 0.1) is 16.8 Å². The smallest absolute Gasteiger partial charge is 0.234 e. The summed E-state index contributed by atoms with van der Waals surface area (Å²) < 4.78 is 12.9. The van der Waals surface area contributed by atoms with E-state index in [0.717, 1.165) is 22.0 Å². The number of hydrogen-bond donors (Lipinski definition) is 1. The van der Waals surface area contributed by atoms with Crippen molar-refractivity contribution in [3.05, 3.63) is 65.0 Å². The molecule has 1 aromatic heterocycles. The van der Waals surface area contributed by atoms with Gasteiger partial charge in [-0.2, -0.15) is 5.26 Å². The van der Waals surface area contributed by atoms with Crippen molar-refractivity contribution in [3.63, 3.8) is 0 Å². The Labute approximate surface area is 155 Å². The third kappa shape index (κ3) is 4.01. The number of thioether (sulfide) groups is 1. The second-order valence-corrected chi connectivity index (χ2v) is 6.91. The van der Waals surface area contributed by atoms with Crippen LogP contribution in [0, 0.1) is 31.0 Å². The highest BCUT2D eigenvalue weighted by molar-refractivity contribution is 8.00. The predicted molar refractivity (Wildman–Crippen MR) is 102 cm³/mol. The molecule has 0 aliphatic heterocycles. The van der Waals surface area contributed by atoms with Crippen molar-refractivity contribution in [1.29, 1.82) is 5.26 Å². The Hall–Kier alpha value is -2.91. The molecule has 0 saturated carbocycles. The number of pyridine rings is 1. The summed E-state index contributed by atoms with van der Waals surface area (Å²) in [7, 11) is 0. The molecule has 0 aliphatic carbocycles. The highest BCUT2D eigenvalue weighted by atomic mass is 32.2. The number of benzene rings is 2. The lowest BCUT2D eigenvalue weighted by molar-refractivity contribution is -0.113. The van der Waals surface area contributed by atoms with E-state index < -0.39 is 0 Å². The molecule has 1 amide bonds. The quantitative estimate of drug-likeness (QED) is 0.687. The topological polar surface area (TPSA) is 65.8 Å². The van der Waals surface area contributed by atoms with Crippen LogP contribution in [0.2, 0.25) is 0 Å². The Kier molecular flexibility index (Phi) is 5.19. The maximum atomic E-state index is 12.9. The van der Waals surface area contributed by atoms with Crippen LogP contribution in [0.15, 0.2) is 47.5 Å². The normalized spacial score (nSPS) is 10.5. The van der Waals surface area contributed by atoms with E-state index in [1.54, 1.807) is 0 Å². The Morgan fingerprint density at radius 1 is 1.23 bits per heavy atom. The number of amides is 1. The molecule has 0 saturated heterocycles. The number of fused-ring (bicyclic) bond motifs is 1. The van der Waals surface area contributed by atoms with Crippen LogP contribution in [-0.2, 0) is 4.79 Å². The zero-order valence-corrected chi connectivity index (χ0v) is 15.2. The lowest BCUT2D eigenvalue weighted by atomic mass is 10.1. The van der Waals surface area contributed by atoms with Crippen LogP contribution in [0.3, 0.4) is 0 Å². The van der Waals surface area contributed by atoms with Crippen LogP contribution in [0.4, 0.5) is 10.1 Å². The minimum atomic E-state index is -0.359. The molecule has 1 N–H and O–H groups in total. The van der Waals surface area contributed by atoms with E-state index in [9.17, 15) is 14.4 Å². The van der Waals surface area contributed by atoms with Crippen molar-refractivity contribution in [2.24, 2.45) is 0 Å². The van der Waals surface area contributed by atoms with Crippen molar-refractivity contribution >= 4 is 34.3 Å². The van der Waals surface area contributed by atoms with E-state index in [1.165, 1.54) is 36.0 Å². The fraction of sp³-hybridized carbons (Fsp3) is 0.150. The number of aromatic nitrogens is 1. The monoisotopic (exact) mass is 365 g/mol. The van der Waals surface area contributed by atoms with Gasteiger partial charge in [-0.1, -0.05) is 17.8 Å². The summed E-state index contributed by atoms with van der Waals surface area (Å²) in [6.45, 7) is 3.98. The number of nitrogens with zero attached hydrogens (tertiary/aromatic N) is 2. The third-order valence-corrected chi connectivity index (χ3v) is 4.83. The molecule has 0 fully saturated rings.